The molecule has 16 heteroatoms. The number of hydrogen-bond donors (Lipinski definition) is 0. The average molecular weight is 1070 g/mol. The number of carbonyl (C=O) groups excluding carboxylic acids is 2. The Bertz CT molecular complexity index is 3400. The van der Waals surface area contributed by atoms with Gasteiger partial charge in [-0.05, 0) is 130 Å². The van der Waals surface area contributed by atoms with E-state index < -0.39 is 23.1 Å². The third-order valence-electron chi connectivity index (χ3n) is 12.5. The van der Waals surface area contributed by atoms with Crippen LogP contribution < -0.4 is 9.80 Å². The number of nitrogens with zero attached hydrogens (tertiary/aromatic N) is 8. The molecule has 0 saturated carbocycles. The van der Waals surface area contributed by atoms with E-state index in [1.807, 2.05) is 157 Å². The lowest BCUT2D eigenvalue weighted by atomic mass is 9.94. The van der Waals surface area contributed by atoms with E-state index >= 15 is 0 Å². The Balaban J connectivity index is 0.829. The Morgan fingerprint density at radius 2 is 0.859 bits per heavy atom. The highest BCUT2D eigenvalue weighted by atomic mass is 32.1. The second-order valence-corrected chi connectivity index (χ2v) is 20.9. The number of allylic oxidation sites excluding steroid dienone is 4. The van der Waals surface area contributed by atoms with Crippen LogP contribution in [-0.2, 0) is 18.9 Å². The van der Waals surface area contributed by atoms with Crippen molar-refractivity contribution in [1.82, 2.24) is 0 Å². The monoisotopic (exact) mass is 1070 g/mol. The van der Waals surface area contributed by atoms with Gasteiger partial charge < -0.3 is 28.7 Å². The summed E-state index contributed by atoms with van der Waals surface area (Å²) in [6, 6.07) is 41.6. The van der Waals surface area contributed by atoms with Gasteiger partial charge in [0.2, 0.25) is 0 Å². The van der Waals surface area contributed by atoms with Crippen molar-refractivity contribution in [2.75, 3.05) is 50.2 Å². The molecule has 2 aliphatic heterocycles. The Morgan fingerprint density at radius 1 is 0.513 bits per heavy atom. The van der Waals surface area contributed by atoms with Gasteiger partial charge in [0.25, 0.3) is 0 Å². The fourth-order valence-electron chi connectivity index (χ4n) is 8.18. The largest absolute Gasteiger partial charge is 0.480 e. The van der Waals surface area contributed by atoms with Crippen molar-refractivity contribution in [2.45, 2.75) is 38.9 Å². The van der Waals surface area contributed by atoms with E-state index in [9.17, 15) is 41.2 Å². The molecule has 7 rings (SSSR count). The van der Waals surface area contributed by atoms with Crippen molar-refractivity contribution in [1.29, 1.82) is 31.6 Å². The maximum Gasteiger partial charge on any atom is 0.338 e. The van der Waals surface area contributed by atoms with Crippen LogP contribution in [-0.4, -0.2) is 63.5 Å². The van der Waals surface area contributed by atoms with Crippen molar-refractivity contribution in [3.05, 3.63) is 196 Å². The van der Waals surface area contributed by atoms with Gasteiger partial charge in [0.15, 0.2) is 22.7 Å². The highest BCUT2D eigenvalue weighted by Crippen LogP contribution is 2.42. The number of esters is 2. The van der Waals surface area contributed by atoms with Gasteiger partial charge in [-0.2, -0.15) is 31.6 Å². The maximum absolute atomic E-state index is 13.0. The SMILES string of the molecule is CN(CCOC(=O)c1cccc(C(=O)OCCN(C)c2ccc(/C=C/c3ccc(/C=C/C4=C(C#N)C(=C(C#N)C#N)OC4(C)C)s3)cc2)c1)c1ccc(/C=C/c2ccc(/C=C/C3=C(C#N)C(=C(C#N)C#N)OC3(C)C)s2)cc1. The third kappa shape index (κ3) is 13.5. The van der Waals surface area contributed by atoms with E-state index in [0.29, 0.717) is 24.2 Å². The number of nitriles is 6. The molecular formula is C62H50N8O6S2. The smallest absolute Gasteiger partial charge is 0.338 e. The molecule has 0 fully saturated rings. The Hall–Kier alpha value is -9.94. The average Bonchev–Trinajstić information content (AvgIpc) is 4.27. The second kappa shape index (κ2) is 25.1. The van der Waals surface area contributed by atoms with Crippen LogP contribution >= 0.6 is 22.7 Å². The molecule has 0 bridgehead atoms. The quantitative estimate of drug-likeness (QED) is 0.0588. The van der Waals surface area contributed by atoms with Crippen LogP contribution in [0.25, 0.3) is 36.5 Å². The van der Waals surface area contributed by atoms with E-state index in [-0.39, 0.29) is 58.2 Å². The van der Waals surface area contributed by atoms with Gasteiger partial charge in [0.1, 0.15) is 72.0 Å². The minimum atomic E-state index is -0.886. The van der Waals surface area contributed by atoms with Gasteiger partial charge >= 0.3 is 11.9 Å². The van der Waals surface area contributed by atoms with E-state index in [1.165, 1.54) is 6.07 Å². The summed E-state index contributed by atoms with van der Waals surface area (Å²) in [5.41, 5.74) is 3.61. The fraction of sp³-hybridized carbons (Fsp3) is 0.194. The first-order valence-corrected chi connectivity index (χ1v) is 25.9. The molecule has 0 radical (unpaired) electrons. The Kier molecular flexibility index (Phi) is 17.9. The first kappa shape index (κ1) is 55.8. The van der Waals surface area contributed by atoms with E-state index in [2.05, 4.69) is 12.1 Å². The van der Waals surface area contributed by atoms with Crippen LogP contribution in [0.4, 0.5) is 11.4 Å². The molecule has 0 atom stereocenters. The molecule has 0 aliphatic carbocycles. The van der Waals surface area contributed by atoms with Crippen LogP contribution in [0.2, 0.25) is 0 Å². The maximum atomic E-state index is 13.0. The summed E-state index contributed by atoms with van der Waals surface area (Å²) in [7, 11) is 3.82. The highest BCUT2D eigenvalue weighted by Gasteiger charge is 2.40. The number of rotatable bonds is 18. The number of likely N-dealkylation sites (N-methyl/N-ethyl adjacent to an activating group) is 2. The van der Waals surface area contributed by atoms with Gasteiger partial charge in [-0.3, -0.25) is 0 Å². The Labute approximate surface area is 461 Å². The predicted molar refractivity (Wildman–Crippen MR) is 303 cm³/mol. The molecule has 2 aliphatic rings. The van der Waals surface area contributed by atoms with Crippen molar-refractivity contribution in [3.63, 3.8) is 0 Å². The molecule has 5 aromatic rings. The van der Waals surface area contributed by atoms with Gasteiger partial charge in [0.05, 0.1) is 24.2 Å². The second-order valence-electron chi connectivity index (χ2n) is 18.6. The first-order valence-electron chi connectivity index (χ1n) is 24.3. The molecular weight excluding hydrogens is 1020 g/mol. The van der Waals surface area contributed by atoms with Crippen molar-refractivity contribution >= 4 is 82.4 Å². The van der Waals surface area contributed by atoms with Gasteiger partial charge in [0, 0.05) is 56.1 Å². The molecule has 78 heavy (non-hydrogen) atoms. The molecule has 2 aromatic heterocycles. The van der Waals surface area contributed by atoms with E-state index in [1.54, 1.807) is 80.7 Å². The molecule has 14 nitrogen and oxygen atoms in total. The third-order valence-corrected chi connectivity index (χ3v) is 14.5. The van der Waals surface area contributed by atoms with Gasteiger partial charge in [-0.15, -0.1) is 22.7 Å². The zero-order valence-corrected chi connectivity index (χ0v) is 45.2. The van der Waals surface area contributed by atoms with Crippen molar-refractivity contribution in [3.8, 4) is 36.4 Å². The molecule has 0 saturated heterocycles. The molecule has 0 amide bonds. The number of benzene rings is 3. The summed E-state index contributed by atoms with van der Waals surface area (Å²) < 4.78 is 22.9. The van der Waals surface area contributed by atoms with Crippen molar-refractivity contribution in [2.24, 2.45) is 0 Å². The summed E-state index contributed by atoms with van der Waals surface area (Å²) in [5.74, 6) is -1.09. The number of anilines is 2. The Morgan fingerprint density at radius 3 is 1.19 bits per heavy atom. The van der Waals surface area contributed by atoms with Crippen LogP contribution in [0, 0.1) is 68.0 Å². The summed E-state index contributed by atoms with van der Waals surface area (Å²) in [6.07, 6.45) is 15.4. The zero-order valence-electron chi connectivity index (χ0n) is 43.5. The molecule has 0 unspecified atom stereocenters. The lowest BCUT2D eigenvalue weighted by Crippen LogP contribution is -2.24. The molecule has 0 N–H and O–H groups in total. The number of carbonyl (C=O) groups is 2. The van der Waals surface area contributed by atoms with Crippen LogP contribution in [0.15, 0.2) is 154 Å². The predicted octanol–water partition coefficient (Wildman–Crippen LogP) is 12.6. The molecule has 386 valence electrons. The van der Waals surface area contributed by atoms with Gasteiger partial charge in [-0.25, -0.2) is 9.59 Å². The molecule has 3 aromatic carbocycles. The number of hydrogen-bond acceptors (Lipinski definition) is 16. The lowest BCUT2D eigenvalue weighted by Gasteiger charge is -2.20. The minimum absolute atomic E-state index is 0.00803. The molecule has 0 spiro atoms. The van der Waals surface area contributed by atoms with Crippen molar-refractivity contribution < 1.29 is 28.5 Å². The number of ether oxygens (including phenoxy) is 4. The zero-order chi connectivity index (χ0) is 56.0. The van der Waals surface area contributed by atoms with Crippen LogP contribution in [0.3, 0.4) is 0 Å². The first-order chi connectivity index (χ1) is 37.5. The van der Waals surface area contributed by atoms with Gasteiger partial charge in [-0.1, -0.05) is 54.6 Å². The van der Waals surface area contributed by atoms with Crippen LogP contribution in [0.1, 0.15) is 79.0 Å². The highest BCUT2D eigenvalue weighted by molar-refractivity contribution is 7.14. The van der Waals surface area contributed by atoms with Crippen LogP contribution in [0.5, 0.6) is 0 Å². The fourth-order valence-corrected chi connectivity index (χ4v) is 9.81. The lowest BCUT2D eigenvalue weighted by molar-refractivity contribution is 0.0514. The van der Waals surface area contributed by atoms with E-state index in [0.717, 1.165) is 42.0 Å². The minimum Gasteiger partial charge on any atom is -0.480 e. The normalized spacial score (nSPS) is 14.3. The summed E-state index contributed by atoms with van der Waals surface area (Å²) in [5, 5.41) is 57.0. The van der Waals surface area contributed by atoms with E-state index in [4.69, 9.17) is 18.9 Å². The summed E-state index contributed by atoms with van der Waals surface area (Å²) in [4.78, 5) is 33.9. The molecule has 4 heterocycles. The number of thiophene rings is 2. The standard InChI is InChI=1S/C62H50N8O6S2/c1-61(2)55(53(39-67)57(75-61)45(35-63)36-64)28-26-51-24-22-49(77-51)20-14-41-10-16-47(17-11-41)69(5)30-32-73-59(71)43-8-7-9-44(34-43)60(72)74-33-31-70(6)48-18-12-42(13-19-48)15-21-50-23-25-52(78-50)27-29-56-54(40-68)58(46(37-65)38-66)76-62(56,3)4/h7-29,34H,30-33H2,1-6H3/b20-14+,21-15+,28-26+,29-27+. The summed E-state index contributed by atoms with van der Waals surface area (Å²) in [6.45, 7) is 8.26. The summed E-state index contributed by atoms with van der Waals surface area (Å²) >= 11 is 3.12. The topological polar surface area (TPSA) is 220 Å².